The minimum Gasteiger partial charge on any atom is -0.210 e. The summed E-state index contributed by atoms with van der Waals surface area (Å²) >= 11 is 0. The fourth-order valence-corrected chi connectivity index (χ4v) is 9.54. The van der Waals surface area contributed by atoms with Gasteiger partial charge < -0.3 is 0 Å². The summed E-state index contributed by atoms with van der Waals surface area (Å²) in [5.74, 6) is 0. The van der Waals surface area contributed by atoms with E-state index in [-0.39, 0.29) is 9.93 Å². The molecule has 0 N–H and O–H groups in total. The van der Waals surface area contributed by atoms with Gasteiger partial charge in [0.1, 0.15) is 0 Å². The van der Waals surface area contributed by atoms with Crippen LogP contribution in [0.5, 0.6) is 0 Å². The van der Waals surface area contributed by atoms with Crippen molar-refractivity contribution in [2.45, 2.75) is 37.6 Å². The Labute approximate surface area is 175 Å². The fourth-order valence-electron chi connectivity index (χ4n) is 3.66. The van der Waals surface area contributed by atoms with Crippen molar-refractivity contribution in [3.63, 3.8) is 0 Å². The second-order valence-corrected chi connectivity index (χ2v) is 14.4. The van der Waals surface area contributed by atoms with E-state index >= 15 is 0 Å². The molecule has 3 rings (SSSR count). The first-order valence-electron chi connectivity index (χ1n) is 9.63. The maximum Gasteiger partial charge on any atom is 0.244 e. The highest BCUT2D eigenvalue weighted by atomic mass is 32.2. The molecule has 4 heteroatoms. The lowest BCUT2D eigenvalue weighted by atomic mass is 10.2. The van der Waals surface area contributed by atoms with Gasteiger partial charge in [-0.25, -0.2) is 8.42 Å². The van der Waals surface area contributed by atoms with E-state index in [1.807, 2.05) is 43.3 Å². The summed E-state index contributed by atoms with van der Waals surface area (Å²) in [6.07, 6.45) is 0. The predicted octanol–water partition coefficient (Wildman–Crippen LogP) is 4.33. The van der Waals surface area contributed by atoms with Crippen LogP contribution in [0.1, 0.15) is 26.3 Å². The van der Waals surface area contributed by atoms with Gasteiger partial charge in [0.15, 0.2) is 0 Å². The Morgan fingerprint density at radius 3 is 1.59 bits per heavy atom. The normalized spacial score (nSPS) is 12.1. The number of hydrogen-bond acceptors (Lipinski definition) is 2. The standard InChI is InChI=1S/C25H26O2SSi/c1-21-15-17-22(18-16-21)28(26,27)19-20-29(25(2,3)4,23-11-7-5-8-12-23)24-13-9-6-10-14-24/h5-18H,1-4H3. The van der Waals surface area contributed by atoms with Gasteiger partial charge in [-0.15, -0.1) is 5.54 Å². The van der Waals surface area contributed by atoms with Gasteiger partial charge in [0.2, 0.25) is 17.9 Å². The summed E-state index contributed by atoms with van der Waals surface area (Å²) in [6, 6.07) is 27.2. The largest absolute Gasteiger partial charge is 0.244 e. The summed E-state index contributed by atoms with van der Waals surface area (Å²) in [7, 11) is -6.46. The molecule has 3 aromatic carbocycles. The number of rotatable bonds is 3. The average Bonchev–Trinajstić information content (AvgIpc) is 2.69. The SMILES string of the molecule is Cc1ccc(S(=O)(=O)C#C[Si](c2ccccc2)(c2ccccc2)C(C)(C)C)cc1. The maximum atomic E-state index is 13.0. The van der Waals surface area contributed by atoms with Crippen molar-refractivity contribution in [1.29, 1.82) is 0 Å². The van der Waals surface area contributed by atoms with Crippen molar-refractivity contribution in [2.75, 3.05) is 0 Å². The molecule has 0 saturated carbocycles. The van der Waals surface area contributed by atoms with Crippen molar-refractivity contribution in [3.05, 3.63) is 90.5 Å². The Morgan fingerprint density at radius 2 is 1.17 bits per heavy atom. The molecule has 0 unspecified atom stereocenters. The van der Waals surface area contributed by atoms with E-state index < -0.39 is 17.9 Å². The van der Waals surface area contributed by atoms with E-state index in [4.69, 9.17) is 0 Å². The van der Waals surface area contributed by atoms with Crippen LogP contribution >= 0.6 is 0 Å². The molecular formula is C25H26O2SSi. The third-order valence-electron chi connectivity index (χ3n) is 5.24. The van der Waals surface area contributed by atoms with E-state index in [9.17, 15) is 8.42 Å². The first-order valence-corrected chi connectivity index (χ1v) is 13.1. The molecule has 0 amide bonds. The molecule has 0 atom stereocenters. The molecule has 0 aliphatic heterocycles. The molecule has 3 aromatic rings. The van der Waals surface area contributed by atoms with Crippen molar-refractivity contribution in [2.24, 2.45) is 0 Å². The van der Waals surface area contributed by atoms with E-state index in [2.05, 4.69) is 55.8 Å². The second kappa shape index (κ2) is 8.02. The molecule has 0 bridgehead atoms. The van der Waals surface area contributed by atoms with Crippen molar-refractivity contribution in [3.8, 4) is 10.8 Å². The van der Waals surface area contributed by atoms with Gasteiger partial charge in [0, 0.05) is 5.25 Å². The Bertz CT molecular complexity index is 1090. The summed E-state index contributed by atoms with van der Waals surface area (Å²) in [6.45, 7) is 8.41. The van der Waals surface area contributed by atoms with Crippen LogP contribution < -0.4 is 10.4 Å². The van der Waals surface area contributed by atoms with Crippen LogP contribution in [0, 0.1) is 17.7 Å². The Kier molecular flexibility index (Phi) is 5.84. The Morgan fingerprint density at radius 1 is 0.724 bits per heavy atom. The first-order chi connectivity index (χ1) is 13.7. The van der Waals surface area contributed by atoms with E-state index in [0.717, 1.165) is 15.9 Å². The molecule has 29 heavy (non-hydrogen) atoms. The smallest absolute Gasteiger partial charge is 0.210 e. The number of benzene rings is 3. The van der Waals surface area contributed by atoms with Crippen LogP contribution in [0.2, 0.25) is 5.04 Å². The van der Waals surface area contributed by atoms with Crippen molar-refractivity contribution in [1.82, 2.24) is 0 Å². The monoisotopic (exact) mass is 418 g/mol. The Balaban J connectivity index is 2.28. The van der Waals surface area contributed by atoms with Gasteiger partial charge in [0.05, 0.1) is 4.90 Å². The molecule has 148 valence electrons. The van der Waals surface area contributed by atoms with Gasteiger partial charge in [-0.1, -0.05) is 99.1 Å². The molecule has 0 aliphatic rings. The highest BCUT2D eigenvalue weighted by Crippen LogP contribution is 2.35. The van der Waals surface area contributed by atoms with Crippen molar-refractivity contribution >= 4 is 28.3 Å². The molecule has 0 aromatic heterocycles. The molecule has 0 fully saturated rings. The van der Waals surface area contributed by atoms with Gasteiger partial charge >= 0.3 is 0 Å². The zero-order chi connectivity index (χ0) is 21.1. The van der Waals surface area contributed by atoms with Crippen LogP contribution in [0.4, 0.5) is 0 Å². The van der Waals surface area contributed by atoms with E-state index in [1.54, 1.807) is 24.3 Å². The van der Waals surface area contributed by atoms with Gasteiger partial charge in [-0.2, -0.15) is 0 Å². The van der Waals surface area contributed by atoms with Gasteiger partial charge in [-0.3, -0.25) is 0 Å². The van der Waals surface area contributed by atoms with E-state index in [1.165, 1.54) is 0 Å². The summed E-state index contributed by atoms with van der Waals surface area (Å²) in [5.41, 5.74) is 4.38. The second-order valence-electron chi connectivity index (χ2n) is 8.28. The van der Waals surface area contributed by atoms with Crippen LogP contribution in [0.15, 0.2) is 89.8 Å². The number of hydrogen-bond donors (Lipinski definition) is 0. The molecule has 0 heterocycles. The van der Waals surface area contributed by atoms with Crippen LogP contribution in [-0.4, -0.2) is 16.5 Å². The molecule has 0 aliphatic carbocycles. The quantitative estimate of drug-likeness (QED) is 0.469. The highest BCUT2D eigenvalue weighted by Gasteiger charge is 2.47. The summed E-state index contributed by atoms with van der Waals surface area (Å²) in [4.78, 5) is 0.244. The predicted molar refractivity (Wildman–Crippen MR) is 124 cm³/mol. The van der Waals surface area contributed by atoms with Crippen LogP contribution in [-0.2, 0) is 9.84 Å². The average molecular weight is 419 g/mol. The lowest BCUT2D eigenvalue weighted by Gasteiger charge is -2.39. The molecular weight excluding hydrogens is 392 g/mol. The number of aryl methyl sites for hydroxylation is 1. The van der Waals surface area contributed by atoms with Crippen LogP contribution in [0.3, 0.4) is 0 Å². The Hall–Kier alpha value is -2.61. The highest BCUT2D eigenvalue weighted by molar-refractivity contribution is 7.96. The minimum atomic E-state index is -3.71. The van der Waals surface area contributed by atoms with Gasteiger partial charge in [-0.05, 0) is 34.5 Å². The zero-order valence-electron chi connectivity index (χ0n) is 17.3. The number of sulfone groups is 1. The first kappa shape index (κ1) is 21.1. The third kappa shape index (κ3) is 4.22. The maximum absolute atomic E-state index is 13.0. The van der Waals surface area contributed by atoms with E-state index in [0.29, 0.717) is 0 Å². The lowest BCUT2D eigenvalue weighted by molar-refractivity contribution is 0.606. The lowest BCUT2D eigenvalue weighted by Crippen LogP contribution is -2.63. The van der Waals surface area contributed by atoms with Crippen molar-refractivity contribution < 1.29 is 8.42 Å². The fraction of sp³-hybridized carbons (Fsp3) is 0.200. The zero-order valence-corrected chi connectivity index (χ0v) is 19.1. The summed E-state index contributed by atoms with van der Waals surface area (Å²) < 4.78 is 26.1. The molecule has 0 radical (unpaired) electrons. The third-order valence-corrected chi connectivity index (χ3v) is 11.8. The van der Waals surface area contributed by atoms with Crippen LogP contribution in [0.25, 0.3) is 0 Å². The summed E-state index contributed by atoms with van der Waals surface area (Å²) in [5, 5.41) is 4.74. The minimum absolute atomic E-state index is 0.217. The molecule has 0 spiro atoms. The molecule has 0 saturated heterocycles. The molecule has 2 nitrogen and oxygen atoms in total. The van der Waals surface area contributed by atoms with Gasteiger partial charge in [0.25, 0.3) is 0 Å². The topological polar surface area (TPSA) is 34.1 Å².